The summed E-state index contributed by atoms with van der Waals surface area (Å²) >= 11 is 14.5. The van der Waals surface area contributed by atoms with Gasteiger partial charge in [0, 0.05) is 23.6 Å². The van der Waals surface area contributed by atoms with Crippen molar-refractivity contribution in [2.45, 2.75) is 25.0 Å². The molecule has 0 saturated heterocycles. The van der Waals surface area contributed by atoms with Crippen molar-refractivity contribution >= 4 is 63.2 Å². The quantitative estimate of drug-likeness (QED) is 0.265. The monoisotopic (exact) mass is 560 g/mol. The van der Waals surface area contributed by atoms with E-state index in [0.717, 1.165) is 11.3 Å². The Morgan fingerprint density at radius 2 is 1.86 bits per heavy atom. The van der Waals surface area contributed by atoms with Gasteiger partial charge in [-0.3, -0.25) is 9.59 Å². The normalized spacial score (nSPS) is 11.8. The average Bonchev–Trinajstić information content (AvgIpc) is 3.46. The molecule has 0 bridgehead atoms. The van der Waals surface area contributed by atoms with E-state index in [1.54, 1.807) is 30.7 Å². The Hall–Kier alpha value is -2.92. The number of aryl methyl sites for hydroxylation is 1. The Morgan fingerprint density at radius 3 is 2.58 bits per heavy atom. The van der Waals surface area contributed by atoms with Crippen LogP contribution in [0.5, 0.6) is 0 Å². The molecule has 0 aliphatic carbocycles. The predicted octanol–water partition coefficient (Wildman–Crippen LogP) is 5.78. The first-order chi connectivity index (χ1) is 17.2. The van der Waals surface area contributed by atoms with Crippen molar-refractivity contribution in [1.29, 1.82) is 0 Å². The van der Waals surface area contributed by atoms with Crippen LogP contribution < -0.4 is 10.6 Å². The van der Waals surface area contributed by atoms with Crippen molar-refractivity contribution in [3.8, 4) is 11.3 Å². The zero-order chi connectivity index (χ0) is 25.8. The van der Waals surface area contributed by atoms with Crippen LogP contribution in [0.2, 0.25) is 10.0 Å². The molecule has 4 rings (SSSR count). The van der Waals surface area contributed by atoms with Gasteiger partial charge in [0.15, 0.2) is 16.1 Å². The number of thiazole rings is 1. The molecule has 1 atom stereocenters. The molecule has 0 spiro atoms. The summed E-state index contributed by atoms with van der Waals surface area (Å²) in [6, 6.07) is 12.3. The molecule has 0 aliphatic heterocycles. The number of carbonyl (C=O) groups is 2. The van der Waals surface area contributed by atoms with Crippen LogP contribution in [0.3, 0.4) is 0 Å². The number of nitrogens with zero attached hydrogens (tertiary/aromatic N) is 4. The van der Waals surface area contributed by atoms with Crippen molar-refractivity contribution in [3.05, 3.63) is 74.8 Å². The van der Waals surface area contributed by atoms with Gasteiger partial charge in [-0.2, -0.15) is 0 Å². The molecule has 2 N–H and O–H groups in total. The fourth-order valence-corrected chi connectivity index (χ4v) is 5.04. The molecule has 12 heteroatoms. The first kappa shape index (κ1) is 26.2. The first-order valence-electron chi connectivity index (χ1n) is 10.8. The van der Waals surface area contributed by atoms with E-state index in [9.17, 15) is 9.59 Å². The first-order valence-corrected chi connectivity index (χ1v) is 13.4. The summed E-state index contributed by atoms with van der Waals surface area (Å²) in [5, 5.41) is 17.7. The van der Waals surface area contributed by atoms with Gasteiger partial charge in [-0.25, -0.2) is 4.98 Å². The summed E-state index contributed by atoms with van der Waals surface area (Å²) in [7, 11) is 1.78. The lowest BCUT2D eigenvalue weighted by molar-refractivity contribution is -0.113. The maximum absolute atomic E-state index is 12.6. The highest BCUT2D eigenvalue weighted by Gasteiger charge is 2.20. The fraction of sp³-hybridized carbons (Fsp3) is 0.208. The molecule has 2 amide bonds. The van der Waals surface area contributed by atoms with Gasteiger partial charge < -0.3 is 15.2 Å². The summed E-state index contributed by atoms with van der Waals surface area (Å²) in [4.78, 5) is 29.6. The number of hydrogen-bond acceptors (Lipinski definition) is 7. The molecule has 2 aromatic heterocycles. The highest BCUT2D eigenvalue weighted by atomic mass is 35.5. The number of amides is 2. The van der Waals surface area contributed by atoms with Crippen LogP contribution >= 0.6 is 46.3 Å². The Morgan fingerprint density at radius 1 is 1.11 bits per heavy atom. The molecular weight excluding hydrogens is 539 g/mol. The third-order valence-electron chi connectivity index (χ3n) is 5.22. The molecule has 0 unspecified atom stereocenters. The lowest BCUT2D eigenvalue weighted by atomic mass is 10.1. The number of carbonyl (C=O) groups excluding carboxylic acids is 2. The number of anilines is 1. The summed E-state index contributed by atoms with van der Waals surface area (Å²) in [5.74, 6) is 0.172. The Labute approximate surface area is 226 Å². The fourth-order valence-electron chi connectivity index (χ4n) is 3.28. The van der Waals surface area contributed by atoms with E-state index in [1.165, 1.54) is 34.7 Å². The molecule has 2 aromatic carbocycles. The molecule has 0 fully saturated rings. The molecular formula is C24H22Cl2N6O2S2. The molecule has 186 valence electrons. The van der Waals surface area contributed by atoms with Gasteiger partial charge in [0.1, 0.15) is 0 Å². The topological polar surface area (TPSA) is 102 Å². The average molecular weight is 562 g/mol. The van der Waals surface area contributed by atoms with Crippen LogP contribution in [0.25, 0.3) is 11.3 Å². The minimum Gasteiger partial charge on any atom is -0.342 e. The Kier molecular flexibility index (Phi) is 8.30. The van der Waals surface area contributed by atoms with Crippen molar-refractivity contribution < 1.29 is 9.59 Å². The van der Waals surface area contributed by atoms with Gasteiger partial charge in [-0.1, -0.05) is 64.8 Å². The van der Waals surface area contributed by atoms with Crippen molar-refractivity contribution in [2.75, 3.05) is 11.1 Å². The van der Waals surface area contributed by atoms with Crippen LogP contribution in [0.4, 0.5) is 5.13 Å². The summed E-state index contributed by atoms with van der Waals surface area (Å²) in [6.45, 7) is 3.83. The molecule has 4 aromatic rings. The van der Waals surface area contributed by atoms with Crippen LogP contribution in [-0.2, 0) is 11.8 Å². The van der Waals surface area contributed by atoms with E-state index in [-0.39, 0.29) is 17.6 Å². The lowest BCUT2D eigenvalue weighted by Gasteiger charge is -2.14. The summed E-state index contributed by atoms with van der Waals surface area (Å²) < 4.78 is 1.75. The highest BCUT2D eigenvalue weighted by molar-refractivity contribution is 7.99. The zero-order valence-corrected chi connectivity index (χ0v) is 22.7. The van der Waals surface area contributed by atoms with Crippen LogP contribution in [0, 0.1) is 6.92 Å². The van der Waals surface area contributed by atoms with Crippen molar-refractivity contribution in [2.24, 2.45) is 7.05 Å². The van der Waals surface area contributed by atoms with Gasteiger partial charge in [0.25, 0.3) is 5.91 Å². The lowest BCUT2D eigenvalue weighted by Crippen LogP contribution is -2.28. The number of aromatic nitrogens is 4. The van der Waals surface area contributed by atoms with Crippen LogP contribution in [0.15, 0.2) is 53.0 Å². The predicted molar refractivity (Wildman–Crippen MR) is 145 cm³/mol. The number of thioether (sulfide) groups is 1. The standard InChI is InChI=1S/C24H22Cl2N6O2S2/c1-13-4-6-15(7-5-13)19-11-35-23(28-19)29-20(33)12-36-24-31-30-21(32(24)3)14(2)27-22(34)16-8-9-17(25)18(26)10-16/h4-11,14H,12H2,1-3H3,(H,27,34)(H,28,29,33)/t14-/m1/s1. The number of hydrogen-bond donors (Lipinski definition) is 2. The second kappa shape index (κ2) is 11.4. The van der Waals surface area contributed by atoms with E-state index < -0.39 is 6.04 Å². The Balaban J connectivity index is 1.32. The summed E-state index contributed by atoms with van der Waals surface area (Å²) in [6.07, 6.45) is 0. The van der Waals surface area contributed by atoms with E-state index in [4.69, 9.17) is 23.2 Å². The molecule has 8 nitrogen and oxygen atoms in total. The Bertz CT molecular complexity index is 1400. The second-order valence-electron chi connectivity index (χ2n) is 7.96. The third-order valence-corrected chi connectivity index (χ3v) is 7.73. The van der Waals surface area contributed by atoms with Gasteiger partial charge in [0.2, 0.25) is 5.91 Å². The molecule has 0 radical (unpaired) electrons. The number of halogens is 2. The molecule has 0 aliphatic rings. The minimum absolute atomic E-state index is 0.134. The van der Waals surface area contributed by atoms with E-state index in [2.05, 4.69) is 25.8 Å². The number of benzene rings is 2. The largest absolute Gasteiger partial charge is 0.342 e. The maximum atomic E-state index is 12.6. The van der Waals surface area contributed by atoms with E-state index in [1.807, 2.05) is 36.6 Å². The summed E-state index contributed by atoms with van der Waals surface area (Å²) in [5.41, 5.74) is 3.38. The van der Waals surface area contributed by atoms with E-state index >= 15 is 0 Å². The van der Waals surface area contributed by atoms with Gasteiger partial charge in [0.05, 0.1) is 27.5 Å². The van der Waals surface area contributed by atoms with Crippen LogP contribution in [-0.4, -0.2) is 37.3 Å². The van der Waals surface area contributed by atoms with Crippen LogP contribution in [0.1, 0.15) is 34.7 Å². The number of nitrogens with one attached hydrogen (secondary N) is 2. The second-order valence-corrected chi connectivity index (χ2v) is 10.6. The zero-order valence-electron chi connectivity index (χ0n) is 19.6. The van der Waals surface area contributed by atoms with Gasteiger partial charge in [-0.05, 0) is 32.0 Å². The molecule has 36 heavy (non-hydrogen) atoms. The van der Waals surface area contributed by atoms with E-state index in [0.29, 0.717) is 31.7 Å². The molecule has 2 heterocycles. The maximum Gasteiger partial charge on any atom is 0.251 e. The van der Waals surface area contributed by atoms with Gasteiger partial charge >= 0.3 is 0 Å². The minimum atomic E-state index is -0.428. The third kappa shape index (κ3) is 6.25. The van der Waals surface area contributed by atoms with Gasteiger partial charge in [-0.15, -0.1) is 21.5 Å². The highest BCUT2D eigenvalue weighted by Crippen LogP contribution is 2.26. The SMILES string of the molecule is Cc1ccc(-c2csc(NC(=O)CSc3nnc([C@@H](C)NC(=O)c4ccc(Cl)c(Cl)c4)n3C)n2)cc1. The molecule has 0 saturated carbocycles. The number of rotatable bonds is 8. The smallest absolute Gasteiger partial charge is 0.251 e. The van der Waals surface area contributed by atoms with Crippen molar-refractivity contribution in [1.82, 2.24) is 25.1 Å². The van der Waals surface area contributed by atoms with Crippen molar-refractivity contribution in [3.63, 3.8) is 0 Å².